The van der Waals surface area contributed by atoms with Gasteiger partial charge in [-0.2, -0.15) is 0 Å². The molecule has 0 aliphatic carbocycles. The normalized spacial score (nSPS) is 12.1. The van der Waals surface area contributed by atoms with Crippen molar-refractivity contribution in [2.45, 2.75) is 39.5 Å². The average Bonchev–Trinajstić information content (AvgIpc) is 2.44. The highest BCUT2D eigenvalue weighted by atomic mass is 16.4. The molecular weight excluding hydrogens is 266 g/mol. The standard InChI is InChI=1S/C17H25NO3/c1-13(2)7-6-10-15(17(21)18-12-16(19)20)11-14-8-4-3-5-9-14/h3-5,8-9,13,15H,6-7,10-12H2,1-2H3,(H,18,21)(H,19,20). The average molecular weight is 291 g/mol. The molecule has 0 fully saturated rings. The third-order valence-corrected chi connectivity index (χ3v) is 3.44. The van der Waals surface area contributed by atoms with Crippen LogP contribution in [0.15, 0.2) is 30.3 Å². The molecule has 0 bridgehead atoms. The summed E-state index contributed by atoms with van der Waals surface area (Å²) in [4.78, 5) is 22.7. The number of aliphatic carboxylic acids is 1. The van der Waals surface area contributed by atoms with Gasteiger partial charge in [-0.1, -0.05) is 57.0 Å². The number of carboxylic acid groups (broad SMARTS) is 1. The third-order valence-electron chi connectivity index (χ3n) is 3.44. The van der Waals surface area contributed by atoms with Crippen LogP contribution in [-0.4, -0.2) is 23.5 Å². The first-order valence-electron chi connectivity index (χ1n) is 7.52. The number of hydrogen-bond donors (Lipinski definition) is 2. The fourth-order valence-electron chi connectivity index (χ4n) is 2.30. The van der Waals surface area contributed by atoms with E-state index in [1.165, 1.54) is 0 Å². The largest absolute Gasteiger partial charge is 0.480 e. The Morgan fingerprint density at radius 1 is 1.14 bits per heavy atom. The Kier molecular flexibility index (Phi) is 7.51. The topological polar surface area (TPSA) is 66.4 Å². The summed E-state index contributed by atoms with van der Waals surface area (Å²) in [5.74, 6) is -0.719. The second-order valence-electron chi connectivity index (χ2n) is 5.82. The van der Waals surface area contributed by atoms with E-state index < -0.39 is 5.97 Å². The number of hydrogen-bond acceptors (Lipinski definition) is 2. The van der Waals surface area contributed by atoms with Crippen molar-refractivity contribution in [3.8, 4) is 0 Å². The van der Waals surface area contributed by atoms with E-state index >= 15 is 0 Å². The van der Waals surface area contributed by atoms with E-state index in [-0.39, 0.29) is 18.4 Å². The molecule has 1 atom stereocenters. The zero-order chi connectivity index (χ0) is 15.7. The van der Waals surface area contributed by atoms with Gasteiger partial charge in [0.2, 0.25) is 5.91 Å². The quantitative estimate of drug-likeness (QED) is 0.735. The Labute approximate surface area is 126 Å². The van der Waals surface area contributed by atoms with Crippen molar-refractivity contribution in [2.75, 3.05) is 6.54 Å². The van der Waals surface area contributed by atoms with Gasteiger partial charge in [-0.15, -0.1) is 0 Å². The van der Waals surface area contributed by atoms with Crippen LogP contribution >= 0.6 is 0 Å². The molecule has 1 aromatic carbocycles. The summed E-state index contributed by atoms with van der Waals surface area (Å²) in [5.41, 5.74) is 1.11. The molecule has 0 saturated carbocycles. The number of carbonyl (C=O) groups excluding carboxylic acids is 1. The van der Waals surface area contributed by atoms with E-state index in [2.05, 4.69) is 19.2 Å². The summed E-state index contributed by atoms with van der Waals surface area (Å²) in [7, 11) is 0. The Balaban J connectivity index is 2.60. The minimum absolute atomic E-state index is 0.162. The molecule has 1 rings (SSSR count). The predicted octanol–water partition coefficient (Wildman–Crippen LogP) is 2.87. The molecule has 0 radical (unpaired) electrons. The van der Waals surface area contributed by atoms with Gasteiger partial charge in [-0.25, -0.2) is 0 Å². The van der Waals surface area contributed by atoms with Crippen LogP contribution in [0.4, 0.5) is 0 Å². The van der Waals surface area contributed by atoms with Crippen molar-refractivity contribution in [3.05, 3.63) is 35.9 Å². The van der Waals surface area contributed by atoms with Gasteiger partial charge in [0, 0.05) is 5.92 Å². The van der Waals surface area contributed by atoms with E-state index in [4.69, 9.17) is 5.11 Å². The molecule has 21 heavy (non-hydrogen) atoms. The van der Waals surface area contributed by atoms with Crippen LogP contribution in [0.2, 0.25) is 0 Å². The van der Waals surface area contributed by atoms with Crippen molar-refractivity contribution in [3.63, 3.8) is 0 Å². The molecule has 0 heterocycles. The molecule has 0 aliphatic heterocycles. The second-order valence-corrected chi connectivity index (χ2v) is 5.82. The number of amides is 1. The Hall–Kier alpha value is -1.84. The Morgan fingerprint density at radius 2 is 1.81 bits per heavy atom. The lowest BCUT2D eigenvalue weighted by Crippen LogP contribution is -2.35. The van der Waals surface area contributed by atoms with Gasteiger partial charge in [0.25, 0.3) is 0 Å². The van der Waals surface area contributed by atoms with Crippen LogP contribution in [-0.2, 0) is 16.0 Å². The van der Waals surface area contributed by atoms with Crippen LogP contribution in [0.3, 0.4) is 0 Å². The second kappa shape index (κ2) is 9.16. The molecule has 2 N–H and O–H groups in total. The number of benzene rings is 1. The highest BCUT2D eigenvalue weighted by Gasteiger charge is 2.19. The molecule has 0 aliphatic rings. The zero-order valence-corrected chi connectivity index (χ0v) is 12.8. The Morgan fingerprint density at radius 3 is 2.38 bits per heavy atom. The zero-order valence-electron chi connectivity index (χ0n) is 12.8. The fourth-order valence-corrected chi connectivity index (χ4v) is 2.30. The first kappa shape index (κ1) is 17.2. The van der Waals surface area contributed by atoms with E-state index in [0.29, 0.717) is 12.3 Å². The van der Waals surface area contributed by atoms with Gasteiger partial charge < -0.3 is 10.4 Å². The van der Waals surface area contributed by atoms with Crippen LogP contribution in [0.5, 0.6) is 0 Å². The van der Waals surface area contributed by atoms with E-state index in [1.807, 2.05) is 30.3 Å². The maximum absolute atomic E-state index is 12.2. The van der Waals surface area contributed by atoms with Crippen LogP contribution < -0.4 is 5.32 Å². The molecule has 0 spiro atoms. The van der Waals surface area contributed by atoms with Crippen molar-refractivity contribution < 1.29 is 14.7 Å². The number of carbonyl (C=O) groups is 2. The summed E-state index contributed by atoms with van der Waals surface area (Å²) < 4.78 is 0. The minimum atomic E-state index is -1.01. The van der Waals surface area contributed by atoms with E-state index in [1.54, 1.807) is 0 Å². The molecule has 0 aromatic heterocycles. The molecule has 116 valence electrons. The molecule has 1 aromatic rings. The highest BCUT2D eigenvalue weighted by molar-refractivity contribution is 5.83. The maximum Gasteiger partial charge on any atom is 0.322 e. The lowest BCUT2D eigenvalue weighted by atomic mass is 9.91. The predicted molar refractivity (Wildman–Crippen MR) is 83.0 cm³/mol. The molecule has 4 heteroatoms. The van der Waals surface area contributed by atoms with Gasteiger partial charge in [0.05, 0.1) is 0 Å². The van der Waals surface area contributed by atoms with Gasteiger partial charge >= 0.3 is 5.97 Å². The smallest absolute Gasteiger partial charge is 0.322 e. The highest BCUT2D eigenvalue weighted by Crippen LogP contribution is 2.17. The van der Waals surface area contributed by atoms with Gasteiger partial charge in [0.15, 0.2) is 0 Å². The Bertz CT molecular complexity index is 443. The van der Waals surface area contributed by atoms with Crippen LogP contribution in [0.25, 0.3) is 0 Å². The molecule has 4 nitrogen and oxygen atoms in total. The molecular formula is C17H25NO3. The van der Waals surface area contributed by atoms with Crippen molar-refractivity contribution >= 4 is 11.9 Å². The number of carboxylic acids is 1. The van der Waals surface area contributed by atoms with Gasteiger partial charge in [-0.05, 0) is 24.3 Å². The van der Waals surface area contributed by atoms with Gasteiger partial charge in [0.1, 0.15) is 6.54 Å². The van der Waals surface area contributed by atoms with Crippen LogP contribution in [0.1, 0.15) is 38.7 Å². The number of nitrogens with one attached hydrogen (secondary N) is 1. The van der Waals surface area contributed by atoms with E-state index in [0.717, 1.165) is 24.8 Å². The summed E-state index contributed by atoms with van der Waals surface area (Å²) in [6.07, 6.45) is 3.51. The van der Waals surface area contributed by atoms with Crippen molar-refractivity contribution in [2.24, 2.45) is 11.8 Å². The first-order chi connectivity index (χ1) is 9.99. The lowest BCUT2D eigenvalue weighted by molar-refractivity contribution is -0.138. The summed E-state index contributed by atoms with van der Waals surface area (Å²) >= 11 is 0. The van der Waals surface area contributed by atoms with Crippen molar-refractivity contribution in [1.29, 1.82) is 0 Å². The monoisotopic (exact) mass is 291 g/mol. The minimum Gasteiger partial charge on any atom is -0.480 e. The summed E-state index contributed by atoms with van der Waals surface area (Å²) in [6, 6.07) is 9.85. The molecule has 0 saturated heterocycles. The summed E-state index contributed by atoms with van der Waals surface area (Å²) in [6.45, 7) is 4.02. The SMILES string of the molecule is CC(C)CCCC(Cc1ccccc1)C(=O)NCC(=O)O. The summed E-state index contributed by atoms with van der Waals surface area (Å²) in [5, 5.41) is 11.2. The van der Waals surface area contributed by atoms with Crippen LogP contribution in [0, 0.1) is 11.8 Å². The number of rotatable bonds is 9. The molecule has 1 unspecified atom stereocenters. The molecule has 1 amide bonds. The fraction of sp³-hybridized carbons (Fsp3) is 0.529. The van der Waals surface area contributed by atoms with Gasteiger partial charge in [-0.3, -0.25) is 9.59 Å². The first-order valence-corrected chi connectivity index (χ1v) is 7.52. The lowest BCUT2D eigenvalue weighted by Gasteiger charge is -2.17. The van der Waals surface area contributed by atoms with Crippen molar-refractivity contribution in [1.82, 2.24) is 5.32 Å². The van der Waals surface area contributed by atoms with E-state index in [9.17, 15) is 9.59 Å². The maximum atomic E-state index is 12.2. The third kappa shape index (κ3) is 7.49.